The molecule has 3 N–H and O–H groups in total. The van der Waals surface area contributed by atoms with E-state index in [0.29, 0.717) is 6.61 Å². The van der Waals surface area contributed by atoms with E-state index in [1.807, 2.05) is 0 Å². The summed E-state index contributed by atoms with van der Waals surface area (Å²) in [5.74, 6) is -0.391. The maximum Gasteiger partial charge on any atom is 0.472 e. The smallest absolute Gasteiger partial charge is 0.457 e. The van der Waals surface area contributed by atoms with Crippen LogP contribution in [-0.4, -0.2) is 66.3 Å². The molecule has 0 aliphatic heterocycles. The second-order valence-corrected chi connectivity index (χ2v) is 17.9. The fourth-order valence-electron chi connectivity index (χ4n) is 6.82. The summed E-state index contributed by atoms with van der Waals surface area (Å²) in [5.41, 5.74) is 0. The highest BCUT2D eigenvalue weighted by Crippen LogP contribution is 2.43. The van der Waals surface area contributed by atoms with Crippen molar-refractivity contribution in [3.8, 4) is 0 Å². The van der Waals surface area contributed by atoms with Crippen molar-refractivity contribution >= 4 is 13.8 Å². The van der Waals surface area contributed by atoms with Gasteiger partial charge in [0.05, 0.1) is 26.4 Å². The number of allylic oxidation sites excluding steroid dienone is 8. The fourth-order valence-corrected chi connectivity index (χ4v) is 7.61. The molecule has 352 valence electrons. The first kappa shape index (κ1) is 58.4. The van der Waals surface area contributed by atoms with Gasteiger partial charge in [0.1, 0.15) is 12.2 Å². The van der Waals surface area contributed by atoms with Gasteiger partial charge in [-0.3, -0.25) is 13.8 Å². The van der Waals surface area contributed by atoms with Gasteiger partial charge in [-0.25, -0.2) is 4.57 Å². The summed E-state index contributed by atoms with van der Waals surface area (Å²) in [6.45, 7) is 3.36. The van der Waals surface area contributed by atoms with Crippen LogP contribution in [0.3, 0.4) is 0 Å². The zero-order chi connectivity index (χ0) is 43.9. The molecule has 3 atom stereocenters. The van der Waals surface area contributed by atoms with Gasteiger partial charge in [-0.1, -0.05) is 210 Å². The molecule has 0 heterocycles. The van der Waals surface area contributed by atoms with Crippen molar-refractivity contribution in [2.75, 3.05) is 33.0 Å². The molecule has 10 heteroatoms. The van der Waals surface area contributed by atoms with E-state index in [4.69, 9.17) is 23.6 Å². The third-order valence-electron chi connectivity index (χ3n) is 10.5. The summed E-state index contributed by atoms with van der Waals surface area (Å²) in [7, 11) is -4.53. The summed E-state index contributed by atoms with van der Waals surface area (Å²) in [5, 5.41) is 18.4. The number of unbranched alkanes of at least 4 members (excludes halogenated alkanes) is 25. The van der Waals surface area contributed by atoms with E-state index in [1.54, 1.807) is 0 Å². The van der Waals surface area contributed by atoms with Crippen LogP contribution in [0.1, 0.15) is 219 Å². The fraction of sp³-hybridized carbons (Fsp3) is 0.820. The second-order valence-electron chi connectivity index (χ2n) is 16.5. The maximum atomic E-state index is 12.7. The van der Waals surface area contributed by atoms with Gasteiger partial charge in [0.25, 0.3) is 0 Å². The van der Waals surface area contributed by atoms with Crippen LogP contribution in [0.4, 0.5) is 0 Å². The van der Waals surface area contributed by atoms with Crippen LogP contribution in [0.2, 0.25) is 0 Å². The minimum absolute atomic E-state index is 0.0290. The number of rotatable bonds is 47. The summed E-state index contributed by atoms with van der Waals surface area (Å²) in [4.78, 5) is 22.7. The Kier molecular flexibility index (Phi) is 45.7. The van der Waals surface area contributed by atoms with Gasteiger partial charge in [-0.05, 0) is 51.4 Å². The molecule has 0 aromatic heterocycles. The van der Waals surface area contributed by atoms with Crippen molar-refractivity contribution in [1.82, 2.24) is 0 Å². The maximum absolute atomic E-state index is 12.7. The van der Waals surface area contributed by atoms with E-state index in [9.17, 15) is 19.4 Å². The minimum Gasteiger partial charge on any atom is -0.457 e. The lowest BCUT2D eigenvalue weighted by molar-refractivity contribution is -0.154. The molecule has 3 unspecified atom stereocenters. The molecule has 9 nitrogen and oxygen atoms in total. The SMILES string of the molecule is CC/C=C\C/C=C\C/C=C\C/C=C\CCCCCOCC(COP(=O)(O)OCC(O)CO)OC(=O)CCCCCCCCCCCCCCCCCCCCCCCCC. The van der Waals surface area contributed by atoms with Crippen LogP contribution in [0.25, 0.3) is 0 Å². The van der Waals surface area contributed by atoms with Crippen LogP contribution in [-0.2, 0) is 27.9 Å². The average Bonchev–Trinajstić information content (AvgIpc) is 3.24. The monoisotopic (exact) mass is 869 g/mol. The van der Waals surface area contributed by atoms with Crippen molar-refractivity contribution in [3.05, 3.63) is 48.6 Å². The molecule has 0 radical (unpaired) electrons. The average molecular weight is 869 g/mol. The number of ether oxygens (including phenoxy) is 2. The normalized spacial score (nSPS) is 14.3. The summed E-state index contributed by atoms with van der Waals surface area (Å²) in [6.07, 6.45) is 53.7. The van der Waals surface area contributed by atoms with E-state index in [1.165, 1.54) is 128 Å². The highest BCUT2D eigenvalue weighted by atomic mass is 31.2. The molecule has 0 fully saturated rings. The molecule has 0 saturated carbocycles. The van der Waals surface area contributed by atoms with Gasteiger partial charge in [0, 0.05) is 13.0 Å². The quantitative estimate of drug-likeness (QED) is 0.0237. The Bertz CT molecular complexity index is 1080. The molecule has 0 aromatic rings. The number of phosphoric ester groups is 1. The zero-order valence-electron chi connectivity index (χ0n) is 38.7. The molecule has 0 bridgehead atoms. The molecule has 60 heavy (non-hydrogen) atoms. The molecule has 0 amide bonds. The predicted octanol–water partition coefficient (Wildman–Crippen LogP) is 14.1. The molecular weight excluding hydrogens is 776 g/mol. The zero-order valence-corrected chi connectivity index (χ0v) is 39.6. The van der Waals surface area contributed by atoms with Crippen molar-refractivity contribution in [1.29, 1.82) is 0 Å². The number of carbonyl (C=O) groups is 1. The van der Waals surface area contributed by atoms with Gasteiger partial charge < -0.3 is 24.6 Å². The summed E-state index contributed by atoms with van der Waals surface area (Å²) < 4.78 is 33.4. The Morgan fingerprint density at radius 1 is 0.533 bits per heavy atom. The van der Waals surface area contributed by atoms with Crippen LogP contribution in [0, 0.1) is 0 Å². The number of phosphoric acid groups is 1. The topological polar surface area (TPSA) is 132 Å². The van der Waals surface area contributed by atoms with Gasteiger partial charge in [0.2, 0.25) is 0 Å². The van der Waals surface area contributed by atoms with Gasteiger partial charge in [0.15, 0.2) is 0 Å². The molecule has 0 aliphatic rings. The van der Waals surface area contributed by atoms with E-state index in [-0.39, 0.29) is 19.6 Å². The van der Waals surface area contributed by atoms with Crippen molar-refractivity contribution < 1.29 is 43.0 Å². The summed E-state index contributed by atoms with van der Waals surface area (Å²) >= 11 is 0. The van der Waals surface area contributed by atoms with Gasteiger partial charge >= 0.3 is 13.8 Å². The lowest BCUT2D eigenvalue weighted by Crippen LogP contribution is -2.29. The van der Waals surface area contributed by atoms with Crippen molar-refractivity contribution in [2.45, 2.75) is 232 Å². The number of hydrogen-bond acceptors (Lipinski definition) is 8. The molecule has 0 aromatic carbocycles. The summed E-state index contributed by atoms with van der Waals surface area (Å²) in [6, 6.07) is 0. The lowest BCUT2D eigenvalue weighted by Gasteiger charge is -2.20. The van der Waals surface area contributed by atoms with Gasteiger partial charge in [-0.15, -0.1) is 0 Å². The van der Waals surface area contributed by atoms with Crippen LogP contribution >= 0.6 is 7.82 Å². The largest absolute Gasteiger partial charge is 0.472 e. The van der Waals surface area contributed by atoms with Crippen LogP contribution < -0.4 is 0 Å². The third-order valence-corrected chi connectivity index (χ3v) is 11.5. The number of esters is 1. The second kappa shape index (κ2) is 46.9. The molecule has 0 aliphatic carbocycles. The number of aliphatic hydroxyl groups excluding tert-OH is 2. The Balaban J connectivity index is 4.08. The van der Waals surface area contributed by atoms with E-state index >= 15 is 0 Å². The number of hydrogen-bond donors (Lipinski definition) is 3. The van der Waals surface area contributed by atoms with E-state index in [2.05, 4.69) is 62.5 Å². The highest BCUT2D eigenvalue weighted by molar-refractivity contribution is 7.47. The Morgan fingerprint density at radius 3 is 1.42 bits per heavy atom. The molecule has 0 spiro atoms. The van der Waals surface area contributed by atoms with Crippen LogP contribution in [0.15, 0.2) is 48.6 Å². The third kappa shape index (κ3) is 45.9. The number of carbonyl (C=O) groups excluding carboxylic acids is 1. The Morgan fingerprint density at radius 2 is 0.950 bits per heavy atom. The molecule has 0 saturated heterocycles. The predicted molar refractivity (Wildman–Crippen MR) is 251 cm³/mol. The van der Waals surface area contributed by atoms with Gasteiger partial charge in [-0.2, -0.15) is 0 Å². The lowest BCUT2D eigenvalue weighted by atomic mass is 10.0. The molecule has 0 rings (SSSR count). The minimum atomic E-state index is -4.53. The Hall–Kier alpha value is -1.58. The Labute approximate surface area is 368 Å². The van der Waals surface area contributed by atoms with E-state index in [0.717, 1.165) is 70.6 Å². The number of aliphatic hydroxyl groups is 2. The van der Waals surface area contributed by atoms with E-state index < -0.39 is 39.2 Å². The van der Waals surface area contributed by atoms with Crippen molar-refractivity contribution in [2.24, 2.45) is 0 Å². The highest BCUT2D eigenvalue weighted by Gasteiger charge is 2.26. The van der Waals surface area contributed by atoms with Crippen LogP contribution in [0.5, 0.6) is 0 Å². The molecular formula is C50H93O9P. The first-order valence-electron chi connectivity index (χ1n) is 24.6. The first-order chi connectivity index (χ1) is 29.3. The van der Waals surface area contributed by atoms with Crippen molar-refractivity contribution in [3.63, 3.8) is 0 Å². The standard InChI is InChI=1S/C50H93O9P/c1-3-5-7-9-11-13-15-17-19-21-22-23-24-25-26-27-28-30-32-34-36-38-40-42-50(53)59-49(47-58-60(54,55)57-45-48(52)44-51)46-56-43-41-39-37-35-33-31-29-20-18-16-14-12-10-8-6-4-2/h6,8,12,14,18,20,31,33,48-49,51-52H,3-5,7,9-11,13,15-17,19,21-30,32,34-47H2,1-2H3,(H,54,55)/b8-6-,14-12-,20-18-,33-31-. The first-order valence-corrected chi connectivity index (χ1v) is 26.1.